The molecule has 6 rings (SSSR count). The first-order valence-electron chi connectivity index (χ1n) is 11.2. The minimum Gasteiger partial charge on any atom is -0.507 e. The molecule has 4 aromatic carbocycles. The molecule has 2 N–H and O–H groups in total. The van der Waals surface area contributed by atoms with E-state index >= 15 is 0 Å². The maximum absolute atomic E-state index is 14.0. The van der Waals surface area contributed by atoms with Crippen LogP contribution in [0.15, 0.2) is 91.0 Å². The number of aliphatic carboxylic acids is 1. The predicted molar refractivity (Wildman–Crippen MR) is 127 cm³/mol. The Kier molecular flexibility index (Phi) is 4.64. The van der Waals surface area contributed by atoms with Crippen molar-refractivity contribution in [2.75, 3.05) is 0 Å². The first-order valence-corrected chi connectivity index (χ1v) is 11.2. The SMILES string of the molecule is O=C(OC1(C(=O)O)c2ccccc2Cc2ccccc21)C1c2ccccc2Oc2cccc(O)c21. The van der Waals surface area contributed by atoms with E-state index in [1.165, 1.54) is 6.07 Å². The Bertz CT molecular complexity index is 1460. The molecule has 4 aromatic rings. The Morgan fingerprint density at radius 3 is 2.09 bits per heavy atom. The molecule has 172 valence electrons. The number of aromatic hydroxyl groups is 1. The lowest BCUT2D eigenvalue weighted by Gasteiger charge is -2.38. The van der Waals surface area contributed by atoms with Crippen molar-refractivity contribution in [3.8, 4) is 17.2 Å². The second-order valence-corrected chi connectivity index (χ2v) is 8.66. The van der Waals surface area contributed by atoms with E-state index in [1.54, 1.807) is 60.7 Å². The van der Waals surface area contributed by atoms with Crippen molar-refractivity contribution in [2.45, 2.75) is 17.9 Å². The molecule has 6 nitrogen and oxygen atoms in total. The van der Waals surface area contributed by atoms with E-state index in [-0.39, 0.29) is 11.3 Å². The molecule has 6 heteroatoms. The average molecular weight is 464 g/mol. The monoisotopic (exact) mass is 464 g/mol. The average Bonchev–Trinajstić information content (AvgIpc) is 2.87. The normalized spacial score (nSPS) is 16.5. The van der Waals surface area contributed by atoms with Crippen LogP contribution in [-0.4, -0.2) is 22.2 Å². The highest BCUT2D eigenvalue weighted by molar-refractivity contribution is 5.93. The summed E-state index contributed by atoms with van der Waals surface area (Å²) in [4.78, 5) is 27.0. The third kappa shape index (κ3) is 3.03. The number of phenolic OH excluding ortho intramolecular Hbond substituents is 1. The van der Waals surface area contributed by atoms with Gasteiger partial charge in [-0.1, -0.05) is 72.8 Å². The lowest BCUT2D eigenvalue weighted by Crippen LogP contribution is -2.46. The third-order valence-electron chi connectivity index (χ3n) is 6.75. The van der Waals surface area contributed by atoms with Crippen molar-refractivity contribution in [3.63, 3.8) is 0 Å². The number of fused-ring (bicyclic) bond motifs is 4. The van der Waals surface area contributed by atoms with Crippen molar-refractivity contribution in [2.24, 2.45) is 0 Å². The second kappa shape index (κ2) is 7.74. The molecule has 1 aliphatic heterocycles. The number of carboxylic acid groups (broad SMARTS) is 1. The zero-order valence-electron chi connectivity index (χ0n) is 18.5. The van der Waals surface area contributed by atoms with E-state index in [2.05, 4.69) is 0 Å². The number of carbonyl (C=O) groups is 2. The van der Waals surface area contributed by atoms with Crippen molar-refractivity contribution >= 4 is 11.9 Å². The van der Waals surface area contributed by atoms with Gasteiger partial charge in [-0.25, -0.2) is 4.79 Å². The first-order chi connectivity index (χ1) is 17.0. The van der Waals surface area contributed by atoms with Gasteiger partial charge in [0.1, 0.15) is 23.2 Å². The standard InChI is InChI=1S/C29H20O6/c30-22-13-7-15-24-26(22)25(19-10-3-6-14-23(19)34-24)27(31)35-29(28(32)33)20-11-4-1-8-17(20)16-18-9-2-5-12-21(18)29/h1-15,25,30H,16H2,(H,32,33). The Morgan fingerprint density at radius 1 is 0.800 bits per heavy atom. The fraction of sp³-hybridized carbons (Fsp3) is 0.103. The van der Waals surface area contributed by atoms with Crippen LogP contribution < -0.4 is 4.74 Å². The topological polar surface area (TPSA) is 93.1 Å². The molecule has 1 unspecified atom stereocenters. The number of para-hydroxylation sites is 1. The van der Waals surface area contributed by atoms with Gasteiger partial charge in [-0.15, -0.1) is 0 Å². The van der Waals surface area contributed by atoms with Crippen LogP contribution in [0.4, 0.5) is 0 Å². The summed E-state index contributed by atoms with van der Waals surface area (Å²) in [6, 6.07) is 26.0. The van der Waals surface area contributed by atoms with Gasteiger partial charge in [0.15, 0.2) is 0 Å². The number of esters is 1. The second-order valence-electron chi connectivity index (χ2n) is 8.66. The van der Waals surface area contributed by atoms with Gasteiger partial charge in [0.05, 0.1) is 5.56 Å². The van der Waals surface area contributed by atoms with Crippen molar-refractivity contribution in [1.82, 2.24) is 0 Å². The molecule has 0 fully saturated rings. The minimum absolute atomic E-state index is 0.132. The summed E-state index contributed by atoms with van der Waals surface area (Å²) >= 11 is 0. The number of rotatable bonds is 3. The van der Waals surface area contributed by atoms with E-state index in [1.807, 2.05) is 24.3 Å². The van der Waals surface area contributed by atoms with Crippen LogP contribution in [0.25, 0.3) is 0 Å². The molecule has 0 radical (unpaired) electrons. The van der Waals surface area contributed by atoms with Crippen molar-refractivity contribution in [3.05, 3.63) is 124 Å². The lowest BCUT2D eigenvalue weighted by atomic mass is 9.74. The molecule has 0 saturated heterocycles. The smallest absolute Gasteiger partial charge is 0.357 e. The van der Waals surface area contributed by atoms with Gasteiger partial charge in [0.2, 0.25) is 0 Å². The zero-order valence-corrected chi connectivity index (χ0v) is 18.5. The third-order valence-corrected chi connectivity index (χ3v) is 6.75. The van der Waals surface area contributed by atoms with E-state index in [9.17, 15) is 19.8 Å². The van der Waals surface area contributed by atoms with E-state index in [0.29, 0.717) is 34.6 Å². The van der Waals surface area contributed by atoms with Crippen molar-refractivity contribution < 1.29 is 29.3 Å². The summed E-state index contributed by atoms with van der Waals surface area (Å²) in [5, 5.41) is 21.3. The number of phenols is 1. The lowest BCUT2D eigenvalue weighted by molar-refractivity contribution is -0.176. The fourth-order valence-corrected chi connectivity index (χ4v) is 5.22. The van der Waals surface area contributed by atoms with E-state index in [4.69, 9.17) is 9.47 Å². The molecule has 0 aromatic heterocycles. The Hall–Kier alpha value is -4.58. The number of hydrogen-bond donors (Lipinski definition) is 2. The molecule has 0 spiro atoms. The van der Waals surface area contributed by atoms with Gasteiger partial charge in [0.25, 0.3) is 5.60 Å². The maximum atomic E-state index is 14.0. The highest BCUT2D eigenvalue weighted by Crippen LogP contribution is 2.50. The van der Waals surface area contributed by atoms with Gasteiger partial charge in [0, 0.05) is 16.7 Å². The van der Waals surface area contributed by atoms with Gasteiger partial charge < -0.3 is 19.7 Å². The van der Waals surface area contributed by atoms with Crippen LogP contribution in [0.2, 0.25) is 0 Å². The van der Waals surface area contributed by atoms with Gasteiger partial charge in [-0.05, 0) is 35.7 Å². The predicted octanol–water partition coefficient (Wildman–Crippen LogP) is 5.11. The van der Waals surface area contributed by atoms with E-state index < -0.39 is 23.5 Å². The van der Waals surface area contributed by atoms with Gasteiger partial charge in [-0.2, -0.15) is 0 Å². The van der Waals surface area contributed by atoms with Gasteiger partial charge >= 0.3 is 11.9 Å². The summed E-state index contributed by atoms with van der Waals surface area (Å²) < 4.78 is 12.0. The highest BCUT2D eigenvalue weighted by atomic mass is 16.6. The fourth-order valence-electron chi connectivity index (χ4n) is 5.22. The van der Waals surface area contributed by atoms with Crippen LogP contribution >= 0.6 is 0 Å². The molecule has 1 aliphatic carbocycles. The summed E-state index contributed by atoms with van der Waals surface area (Å²) in [7, 11) is 0. The quantitative estimate of drug-likeness (QED) is 0.410. The molecular weight excluding hydrogens is 444 g/mol. The van der Waals surface area contributed by atoms with Crippen LogP contribution in [0.5, 0.6) is 17.2 Å². The maximum Gasteiger partial charge on any atom is 0.357 e. The molecule has 0 saturated carbocycles. The minimum atomic E-state index is -2.04. The molecule has 0 bridgehead atoms. The molecule has 0 amide bonds. The number of carboxylic acids is 1. The summed E-state index contributed by atoms with van der Waals surface area (Å²) in [6.07, 6.45) is 0.530. The van der Waals surface area contributed by atoms with Crippen LogP contribution in [-0.2, 0) is 26.3 Å². The molecular formula is C29H20O6. The summed E-state index contributed by atoms with van der Waals surface area (Å²) in [5.41, 5.74) is 1.07. The number of ether oxygens (including phenoxy) is 2. The first kappa shape index (κ1) is 21.0. The number of benzene rings is 4. The Morgan fingerprint density at radius 2 is 1.40 bits per heavy atom. The molecule has 1 heterocycles. The largest absolute Gasteiger partial charge is 0.507 e. The van der Waals surface area contributed by atoms with Crippen LogP contribution in [0, 0.1) is 0 Å². The summed E-state index contributed by atoms with van der Waals surface area (Å²) in [6.45, 7) is 0. The highest BCUT2D eigenvalue weighted by Gasteiger charge is 2.52. The number of carbonyl (C=O) groups excluding carboxylic acids is 1. The van der Waals surface area contributed by atoms with Crippen LogP contribution in [0.1, 0.15) is 39.3 Å². The molecule has 35 heavy (non-hydrogen) atoms. The Balaban J connectivity index is 1.55. The number of hydrogen-bond acceptors (Lipinski definition) is 5. The van der Waals surface area contributed by atoms with Gasteiger partial charge in [-0.3, -0.25) is 4.79 Å². The molecule has 1 atom stereocenters. The molecule has 2 aliphatic rings. The Labute approximate surface area is 201 Å². The van der Waals surface area contributed by atoms with E-state index in [0.717, 1.165) is 11.1 Å². The van der Waals surface area contributed by atoms with Crippen molar-refractivity contribution in [1.29, 1.82) is 0 Å². The zero-order chi connectivity index (χ0) is 24.2. The van der Waals surface area contributed by atoms with Crippen LogP contribution in [0.3, 0.4) is 0 Å². The summed E-state index contributed by atoms with van der Waals surface area (Å²) in [5.74, 6) is -2.53.